The van der Waals surface area contributed by atoms with Crippen molar-refractivity contribution in [2.45, 2.75) is 69.9 Å². The maximum absolute atomic E-state index is 12.6. The van der Waals surface area contributed by atoms with E-state index in [0.29, 0.717) is 31.4 Å². The Balaban J connectivity index is 1.41. The fraction of sp³-hybridized carbons (Fsp3) is 0.533. The normalized spacial score (nSPS) is 21.9. The average Bonchev–Trinajstić information content (AvgIpc) is 3.36. The van der Waals surface area contributed by atoms with Crippen LogP contribution in [0.2, 0.25) is 0 Å². The molecule has 2 aliphatic rings. The van der Waals surface area contributed by atoms with E-state index >= 15 is 0 Å². The van der Waals surface area contributed by atoms with E-state index in [4.69, 9.17) is 23.7 Å². The summed E-state index contributed by atoms with van der Waals surface area (Å²) in [6.45, 7) is 1.93. The van der Waals surface area contributed by atoms with Gasteiger partial charge < -0.3 is 49.4 Å². The van der Waals surface area contributed by atoms with E-state index in [0.717, 1.165) is 4.90 Å². The van der Waals surface area contributed by atoms with Crippen LogP contribution < -0.4 is 15.4 Å². The highest BCUT2D eigenvalue weighted by molar-refractivity contribution is 6.12. The number of ether oxygens (including phenoxy) is 5. The fourth-order valence-corrected chi connectivity index (χ4v) is 4.51. The third-order valence-corrected chi connectivity index (χ3v) is 7.00. The van der Waals surface area contributed by atoms with Crippen molar-refractivity contribution in [1.29, 1.82) is 0 Å². The average molecular weight is 682 g/mol. The molecule has 2 aliphatic heterocycles. The van der Waals surface area contributed by atoms with Gasteiger partial charge >= 0.3 is 18.0 Å². The Kier molecular flexibility index (Phi) is 14.7. The molecule has 18 heteroatoms. The van der Waals surface area contributed by atoms with Gasteiger partial charge in [0.25, 0.3) is 11.8 Å². The molecule has 5 atom stereocenters. The molecule has 1 aromatic rings. The summed E-state index contributed by atoms with van der Waals surface area (Å²) in [5.74, 6) is -2.90. The van der Waals surface area contributed by atoms with Gasteiger partial charge in [0.1, 0.15) is 37.3 Å². The molecule has 1 fully saturated rings. The molecule has 0 spiro atoms. The largest absolute Gasteiger partial charge is 0.489 e. The summed E-state index contributed by atoms with van der Waals surface area (Å²) in [5.41, 5.74) is 0.569. The van der Waals surface area contributed by atoms with E-state index in [1.165, 1.54) is 37.3 Å². The summed E-state index contributed by atoms with van der Waals surface area (Å²) in [7, 11) is 0. The third-order valence-electron chi connectivity index (χ3n) is 7.00. The second-order valence-electron chi connectivity index (χ2n) is 10.7. The number of unbranched alkanes of at least 4 members (excludes halogenated alkanes) is 2. The number of amides is 4. The van der Waals surface area contributed by atoms with E-state index in [2.05, 4.69) is 10.6 Å². The monoisotopic (exact) mass is 681 g/mol. The molecule has 0 radical (unpaired) electrons. The van der Waals surface area contributed by atoms with Crippen LogP contribution in [0.5, 0.6) is 5.75 Å². The van der Waals surface area contributed by atoms with Gasteiger partial charge in [0.2, 0.25) is 12.2 Å². The molecule has 1 aromatic carbocycles. The molecule has 0 aromatic heterocycles. The molecular weight excluding hydrogens is 642 g/mol. The summed E-state index contributed by atoms with van der Waals surface area (Å²) in [6, 6.07) is 4.40. The highest BCUT2D eigenvalue weighted by Gasteiger charge is 2.48. The minimum Gasteiger partial charge on any atom is -0.489 e. The van der Waals surface area contributed by atoms with Crippen molar-refractivity contribution < 1.29 is 72.9 Å². The quantitative estimate of drug-likeness (QED) is 0.0629. The van der Waals surface area contributed by atoms with Crippen molar-refractivity contribution >= 4 is 41.4 Å². The molecular formula is C30H39N3O15. The van der Waals surface area contributed by atoms with Crippen LogP contribution in [0.1, 0.15) is 38.2 Å². The molecule has 2 heterocycles. The van der Waals surface area contributed by atoms with Gasteiger partial charge in [-0.3, -0.25) is 29.4 Å². The van der Waals surface area contributed by atoms with E-state index in [1.54, 1.807) is 0 Å². The molecule has 4 amide bonds. The minimum atomic E-state index is -1.97. The number of rotatable bonds is 18. The SMILES string of the molecule is CC(=O)OCc1ccc(NC(=O)O[C@@H]2O[C@H](C(=O)O)[C@@H](O)[C@H](O)[C@H]2O)c(OCCOCCNC(=O)CCCCCN2C(=O)C=CC2=O)c1. The lowest BCUT2D eigenvalue weighted by Gasteiger charge is -2.37. The first-order valence-corrected chi connectivity index (χ1v) is 15.0. The highest BCUT2D eigenvalue weighted by Crippen LogP contribution is 2.28. The Hall–Kier alpha value is -4.62. The number of hydrogen-bond acceptors (Lipinski definition) is 14. The van der Waals surface area contributed by atoms with Gasteiger partial charge in [0, 0.05) is 38.6 Å². The number of esters is 1. The fourth-order valence-electron chi connectivity index (χ4n) is 4.51. The van der Waals surface area contributed by atoms with E-state index in [9.17, 15) is 49.2 Å². The number of imide groups is 1. The maximum Gasteiger partial charge on any atom is 0.414 e. The molecule has 3 rings (SSSR count). The van der Waals surface area contributed by atoms with Crippen LogP contribution in [-0.2, 0) is 49.5 Å². The Labute approximate surface area is 274 Å². The van der Waals surface area contributed by atoms with Crippen molar-refractivity contribution in [3.8, 4) is 5.75 Å². The number of nitrogens with zero attached hydrogens (tertiary/aromatic N) is 1. The smallest absolute Gasteiger partial charge is 0.414 e. The first kappa shape index (κ1) is 37.8. The Bertz CT molecular complexity index is 1330. The lowest BCUT2D eigenvalue weighted by Crippen LogP contribution is -2.60. The number of aliphatic hydroxyl groups is 3. The zero-order valence-corrected chi connectivity index (χ0v) is 26.1. The lowest BCUT2D eigenvalue weighted by molar-refractivity contribution is -0.277. The number of benzene rings is 1. The van der Waals surface area contributed by atoms with Gasteiger partial charge in [-0.25, -0.2) is 9.59 Å². The molecule has 18 nitrogen and oxygen atoms in total. The van der Waals surface area contributed by atoms with Crippen LogP contribution >= 0.6 is 0 Å². The van der Waals surface area contributed by atoms with Gasteiger partial charge in [-0.05, 0) is 30.5 Å². The third kappa shape index (κ3) is 11.6. The van der Waals surface area contributed by atoms with Crippen LogP contribution in [0, 0.1) is 0 Å². The summed E-state index contributed by atoms with van der Waals surface area (Å²) in [4.78, 5) is 71.4. The second kappa shape index (κ2) is 18.6. The summed E-state index contributed by atoms with van der Waals surface area (Å²) in [5, 5.41) is 44.1. The number of nitrogens with one attached hydrogen (secondary N) is 2. The number of aliphatic carboxylic acids is 1. The maximum atomic E-state index is 12.6. The number of anilines is 1. The minimum absolute atomic E-state index is 0.0128. The van der Waals surface area contributed by atoms with Crippen LogP contribution in [0.15, 0.2) is 30.4 Å². The Morgan fingerprint density at radius 2 is 1.67 bits per heavy atom. The molecule has 0 unspecified atom stereocenters. The van der Waals surface area contributed by atoms with E-state index in [-0.39, 0.29) is 68.6 Å². The van der Waals surface area contributed by atoms with E-state index < -0.39 is 48.7 Å². The van der Waals surface area contributed by atoms with Gasteiger partial charge in [0.15, 0.2) is 6.10 Å². The number of aliphatic hydroxyl groups excluding tert-OH is 3. The number of hydrogen-bond donors (Lipinski definition) is 6. The lowest BCUT2D eigenvalue weighted by atomic mass is 9.99. The predicted octanol–water partition coefficient (Wildman–Crippen LogP) is -0.813. The molecule has 0 aliphatic carbocycles. The Morgan fingerprint density at radius 3 is 2.35 bits per heavy atom. The highest BCUT2D eigenvalue weighted by atomic mass is 16.7. The van der Waals surface area contributed by atoms with Crippen LogP contribution in [0.3, 0.4) is 0 Å². The zero-order chi connectivity index (χ0) is 35.2. The predicted molar refractivity (Wildman–Crippen MR) is 160 cm³/mol. The topological polar surface area (TPSA) is 257 Å². The molecule has 1 saturated heterocycles. The number of carboxylic acid groups (broad SMARTS) is 1. The second-order valence-corrected chi connectivity index (χ2v) is 10.7. The molecule has 48 heavy (non-hydrogen) atoms. The van der Waals surface area contributed by atoms with Gasteiger partial charge in [-0.1, -0.05) is 12.5 Å². The van der Waals surface area contributed by atoms with E-state index in [1.807, 2.05) is 0 Å². The molecule has 264 valence electrons. The van der Waals surface area contributed by atoms with Crippen molar-refractivity contribution in [2.75, 3.05) is 38.2 Å². The van der Waals surface area contributed by atoms with Gasteiger partial charge in [-0.15, -0.1) is 0 Å². The van der Waals surface area contributed by atoms with Gasteiger partial charge in [0.05, 0.1) is 18.9 Å². The number of carbonyl (C=O) groups is 6. The summed E-state index contributed by atoms with van der Waals surface area (Å²) in [6.07, 6.45) is -6.40. The molecule has 0 bridgehead atoms. The van der Waals surface area contributed by atoms with Crippen molar-refractivity contribution in [3.63, 3.8) is 0 Å². The first-order chi connectivity index (χ1) is 22.9. The molecule has 6 N–H and O–H groups in total. The van der Waals surface area contributed by atoms with Gasteiger partial charge in [-0.2, -0.15) is 0 Å². The van der Waals surface area contributed by atoms with Crippen molar-refractivity contribution in [2.24, 2.45) is 0 Å². The first-order valence-electron chi connectivity index (χ1n) is 15.0. The Morgan fingerprint density at radius 1 is 0.938 bits per heavy atom. The summed E-state index contributed by atoms with van der Waals surface area (Å²) < 4.78 is 26.1. The van der Waals surface area contributed by atoms with Crippen molar-refractivity contribution in [1.82, 2.24) is 10.2 Å². The van der Waals surface area contributed by atoms with Crippen LogP contribution in [0.4, 0.5) is 10.5 Å². The van der Waals surface area contributed by atoms with Crippen LogP contribution in [0.25, 0.3) is 0 Å². The van der Waals surface area contributed by atoms with Crippen LogP contribution in [-0.4, -0.2) is 125 Å². The van der Waals surface area contributed by atoms with Crippen molar-refractivity contribution in [3.05, 3.63) is 35.9 Å². The number of carbonyl (C=O) groups excluding carboxylic acids is 5. The summed E-state index contributed by atoms with van der Waals surface area (Å²) >= 11 is 0. The standard InChI is InChI=1S/C30H39N3O15/c1-17(34)46-16-18-6-7-19(32-30(43)48-29-26(40)24(38)25(39)27(47-29)28(41)42)20(15-18)45-14-13-44-12-10-31-21(35)5-3-2-4-11-33-22(36)8-9-23(33)37/h6-9,15,24-27,29,38-40H,2-5,10-14,16H2,1H3,(H,31,35)(H,32,43)(H,41,42)/t24-,25-,26+,27-,29-/m0/s1. The zero-order valence-electron chi connectivity index (χ0n) is 26.1. The molecule has 0 saturated carbocycles. The number of carboxylic acids is 1.